The van der Waals surface area contributed by atoms with E-state index < -0.39 is 0 Å². The summed E-state index contributed by atoms with van der Waals surface area (Å²) in [6.45, 7) is 7.83. The third-order valence-electron chi connectivity index (χ3n) is 3.80. The minimum absolute atomic E-state index is 0.0158. The number of hydrogen-bond donors (Lipinski definition) is 2. The van der Waals surface area contributed by atoms with Crippen molar-refractivity contribution in [2.24, 2.45) is 5.92 Å². The number of nitrogens with one attached hydrogen (secondary N) is 1. The van der Waals surface area contributed by atoms with Crippen LogP contribution in [-0.2, 0) is 0 Å². The van der Waals surface area contributed by atoms with Crippen molar-refractivity contribution in [2.75, 3.05) is 24.1 Å². The highest BCUT2D eigenvalue weighted by Crippen LogP contribution is 2.23. The van der Waals surface area contributed by atoms with Gasteiger partial charge in [-0.3, -0.25) is 0 Å². The van der Waals surface area contributed by atoms with Gasteiger partial charge in [0.2, 0.25) is 0 Å². The van der Waals surface area contributed by atoms with Crippen LogP contribution in [0.1, 0.15) is 30.9 Å². The van der Waals surface area contributed by atoms with Crippen LogP contribution in [0.25, 0.3) is 0 Å². The van der Waals surface area contributed by atoms with Gasteiger partial charge < -0.3 is 16.0 Å². The van der Waals surface area contributed by atoms with Crippen molar-refractivity contribution in [1.82, 2.24) is 4.90 Å². The average Bonchev–Trinajstić information content (AvgIpc) is 2.36. The Labute approximate surface area is 115 Å². The second-order valence-electron chi connectivity index (χ2n) is 5.65. The van der Waals surface area contributed by atoms with Crippen molar-refractivity contribution < 1.29 is 4.79 Å². The molecule has 1 heterocycles. The Morgan fingerprint density at radius 1 is 1.37 bits per heavy atom. The Morgan fingerprint density at radius 2 is 2.11 bits per heavy atom. The number of amides is 2. The second kappa shape index (κ2) is 5.51. The van der Waals surface area contributed by atoms with Crippen LogP contribution >= 0.6 is 0 Å². The van der Waals surface area contributed by atoms with E-state index in [4.69, 9.17) is 5.73 Å². The van der Waals surface area contributed by atoms with E-state index in [-0.39, 0.29) is 6.03 Å². The van der Waals surface area contributed by atoms with Crippen molar-refractivity contribution in [3.63, 3.8) is 0 Å². The molecule has 1 aromatic rings. The number of urea groups is 1. The summed E-state index contributed by atoms with van der Waals surface area (Å²) < 4.78 is 0. The summed E-state index contributed by atoms with van der Waals surface area (Å²) in [4.78, 5) is 14.1. The van der Waals surface area contributed by atoms with Gasteiger partial charge in [-0.25, -0.2) is 4.79 Å². The minimum Gasteiger partial charge on any atom is -0.398 e. The Hall–Kier alpha value is -1.71. The molecule has 104 valence electrons. The molecule has 1 atom stereocenters. The number of carbonyl (C=O) groups is 1. The van der Waals surface area contributed by atoms with Crippen molar-refractivity contribution >= 4 is 17.4 Å². The molecule has 0 bridgehead atoms. The maximum atomic E-state index is 12.2. The average molecular weight is 261 g/mol. The quantitative estimate of drug-likeness (QED) is 0.763. The Bertz CT molecular complexity index is 485. The van der Waals surface area contributed by atoms with E-state index in [1.165, 1.54) is 6.42 Å². The van der Waals surface area contributed by atoms with Crippen LogP contribution in [0, 0.1) is 19.8 Å². The second-order valence-corrected chi connectivity index (χ2v) is 5.65. The van der Waals surface area contributed by atoms with Gasteiger partial charge in [0.1, 0.15) is 0 Å². The number of hydrogen-bond acceptors (Lipinski definition) is 2. The highest BCUT2D eigenvalue weighted by Gasteiger charge is 2.21. The molecular weight excluding hydrogens is 238 g/mol. The lowest BCUT2D eigenvalue weighted by atomic mass is 10.0. The Morgan fingerprint density at radius 3 is 2.79 bits per heavy atom. The first-order chi connectivity index (χ1) is 8.97. The van der Waals surface area contributed by atoms with E-state index in [2.05, 4.69) is 12.2 Å². The molecule has 0 spiro atoms. The highest BCUT2D eigenvalue weighted by molar-refractivity contribution is 5.91. The summed E-state index contributed by atoms with van der Waals surface area (Å²) in [5.41, 5.74) is 9.52. The Balaban J connectivity index is 2.08. The normalized spacial score (nSPS) is 19.3. The van der Waals surface area contributed by atoms with Gasteiger partial charge in [-0.05, 0) is 49.8 Å². The van der Waals surface area contributed by atoms with Gasteiger partial charge in [0.15, 0.2) is 0 Å². The van der Waals surface area contributed by atoms with E-state index in [1.54, 1.807) is 0 Å². The zero-order valence-electron chi connectivity index (χ0n) is 12.0. The lowest BCUT2D eigenvalue weighted by Gasteiger charge is -2.31. The van der Waals surface area contributed by atoms with Gasteiger partial charge in [0.25, 0.3) is 0 Å². The lowest BCUT2D eigenvalue weighted by molar-refractivity contribution is 0.182. The molecule has 2 rings (SSSR count). The van der Waals surface area contributed by atoms with Gasteiger partial charge in [-0.2, -0.15) is 0 Å². The van der Waals surface area contributed by atoms with Crippen molar-refractivity contribution in [2.45, 2.75) is 33.6 Å². The van der Waals surface area contributed by atoms with Gasteiger partial charge >= 0.3 is 6.03 Å². The summed E-state index contributed by atoms with van der Waals surface area (Å²) >= 11 is 0. The van der Waals surface area contributed by atoms with Crippen LogP contribution in [0.3, 0.4) is 0 Å². The largest absolute Gasteiger partial charge is 0.398 e. The lowest BCUT2D eigenvalue weighted by Crippen LogP contribution is -2.41. The molecule has 4 heteroatoms. The molecule has 0 aliphatic carbocycles. The van der Waals surface area contributed by atoms with E-state index in [0.717, 1.165) is 36.3 Å². The zero-order chi connectivity index (χ0) is 14.0. The molecule has 3 N–H and O–H groups in total. The number of piperidine rings is 1. The molecule has 0 radical (unpaired) electrons. The van der Waals surface area contributed by atoms with Crippen molar-refractivity contribution in [3.8, 4) is 0 Å². The SMILES string of the molecule is Cc1cc(C)c(NC(=O)N2CCCC(C)C2)cc1N. The van der Waals surface area contributed by atoms with Gasteiger partial charge in [-0.1, -0.05) is 13.0 Å². The van der Waals surface area contributed by atoms with Crippen LogP contribution in [-0.4, -0.2) is 24.0 Å². The molecule has 0 aromatic heterocycles. The molecule has 19 heavy (non-hydrogen) atoms. The highest BCUT2D eigenvalue weighted by atomic mass is 16.2. The third-order valence-corrected chi connectivity index (χ3v) is 3.80. The van der Waals surface area contributed by atoms with Crippen molar-refractivity contribution in [1.29, 1.82) is 0 Å². The first-order valence-electron chi connectivity index (χ1n) is 6.90. The first-order valence-corrected chi connectivity index (χ1v) is 6.90. The smallest absolute Gasteiger partial charge is 0.321 e. The minimum atomic E-state index is -0.0158. The summed E-state index contributed by atoms with van der Waals surface area (Å²) in [5, 5.41) is 2.98. The number of likely N-dealkylation sites (tertiary alicyclic amines) is 1. The van der Waals surface area contributed by atoms with Crippen LogP contribution in [0.15, 0.2) is 12.1 Å². The molecule has 1 unspecified atom stereocenters. The molecular formula is C15H23N3O. The number of nitrogen functional groups attached to an aromatic ring is 1. The van der Waals surface area contributed by atoms with Crippen molar-refractivity contribution in [3.05, 3.63) is 23.3 Å². The van der Waals surface area contributed by atoms with Crippen LogP contribution in [0.4, 0.5) is 16.2 Å². The van der Waals surface area contributed by atoms with Gasteiger partial charge in [0, 0.05) is 24.5 Å². The third kappa shape index (κ3) is 3.19. The Kier molecular flexibility index (Phi) is 3.98. The zero-order valence-corrected chi connectivity index (χ0v) is 12.0. The number of aryl methyl sites for hydroxylation is 2. The number of benzene rings is 1. The fourth-order valence-electron chi connectivity index (χ4n) is 2.57. The number of carbonyl (C=O) groups excluding carboxylic acids is 1. The monoisotopic (exact) mass is 261 g/mol. The molecule has 2 amide bonds. The van der Waals surface area contributed by atoms with E-state index in [9.17, 15) is 4.79 Å². The van der Waals surface area contributed by atoms with Crippen LogP contribution in [0.5, 0.6) is 0 Å². The van der Waals surface area contributed by atoms with E-state index in [0.29, 0.717) is 11.6 Å². The summed E-state index contributed by atoms with van der Waals surface area (Å²) in [6.07, 6.45) is 2.30. The first kappa shape index (κ1) is 13.7. The van der Waals surface area contributed by atoms with Gasteiger partial charge in [-0.15, -0.1) is 0 Å². The molecule has 1 aliphatic rings. The number of anilines is 2. The fourth-order valence-corrected chi connectivity index (χ4v) is 2.57. The molecule has 1 fully saturated rings. The number of nitrogens with zero attached hydrogens (tertiary/aromatic N) is 1. The van der Waals surface area contributed by atoms with Crippen LogP contribution in [0.2, 0.25) is 0 Å². The molecule has 1 aromatic carbocycles. The predicted molar refractivity (Wildman–Crippen MR) is 79.3 cm³/mol. The molecule has 1 aliphatic heterocycles. The maximum absolute atomic E-state index is 12.2. The van der Waals surface area contributed by atoms with E-state index >= 15 is 0 Å². The molecule has 1 saturated heterocycles. The predicted octanol–water partition coefficient (Wildman–Crippen LogP) is 3.15. The summed E-state index contributed by atoms with van der Waals surface area (Å²) in [7, 11) is 0. The summed E-state index contributed by atoms with van der Waals surface area (Å²) in [5.74, 6) is 0.587. The van der Waals surface area contributed by atoms with Gasteiger partial charge in [0.05, 0.1) is 0 Å². The summed E-state index contributed by atoms with van der Waals surface area (Å²) in [6, 6.07) is 3.83. The molecule has 4 nitrogen and oxygen atoms in total. The fraction of sp³-hybridized carbons (Fsp3) is 0.533. The number of nitrogens with two attached hydrogens (primary N) is 1. The number of rotatable bonds is 1. The topological polar surface area (TPSA) is 58.4 Å². The van der Waals surface area contributed by atoms with Crippen LogP contribution < -0.4 is 11.1 Å². The van der Waals surface area contributed by atoms with E-state index in [1.807, 2.05) is 30.9 Å². The standard InChI is InChI=1S/C15H23N3O/c1-10-5-4-6-18(9-10)15(19)17-14-8-13(16)11(2)7-12(14)3/h7-8,10H,4-6,9,16H2,1-3H3,(H,17,19). The maximum Gasteiger partial charge on any atom is 0.321 e. The molecule has 0 saturated carbocycles.